The Labute approximate surface area is 160 Å². The lowest BCUT2D eigenvalue weighted by Gasteiger charge is -2.23. The number of benzene rings is 1. The first-order valence-corrected chi connectivity index (χ1v) is 9.82. The molecule has 0 saturated carbocycles. The maximum absolute atomic E-state index is 5.37. The normalized spacial score (nSPS) is 16.0. The molecular weight excluding hydrogens is 338 g/mol. The first kappa shape index (κ1) is 17.9. The predicted molar refractivity (Wildman–Crippen MR) is 107 cm³/mol. The van der Waals surface area contributed by atoms with Crippen LogP contribution in [0.4, 0.5) is 5.82 Å². The van der Waals surface area contributed by atoms with Crippen molar-refractivity contribution in [3.8, 4) is 0 Å². The average Bonchev–Trinajstić information content (AvgIpc) is 2.90. The van der Waals surface area contributed by atoms with E-state index in [2.05, 4.69) is 50.3 Å². The van der Waals surface area contributed by atoms with Gasteiger partial charge in [0.25, 0.3) is 5.71 Å². The summed E-state index contributed by atoms with van der Waals surface area (Å²) in [5.74, 6) is 1.71. The lowest BCUT2D eigenvalue weighted by molar-refractivity contribution is 0.290. The maximum Gasteiger partial charge on any atom is 0.263 e. The standard InChI is InChI=1S/C21H27N5O/c1-16-19-20(22-17(2)23-21(19)27-24-16)26-13-7-12-25(14-15-26)11-6-10-18-8-4-3-5-9-18/h3-5,8-9H,6-7,10-15H2,1-2H3. The summed E-state index contributed by atoms with van der Waals surface area (Å²) in [6, 6.07) is 10.8. The summed E-state index contributed by atoms with van der Waals surface area (Å²) in [4.78, 5) is 14.1. The quantitative estimate of drug-likeness (QED) is 0.691. The highest BCUT2D eigenvalue weighted by Crippen LogP contribution is 2.27. The molecule has 0 aliphatic carbocycles. The van der Waals surface area contributed by atoms with Gasteiger partial charge < -0.3 is 14.3 Å². The van der Waals surface area contributed by atoms with Crippen LogP contribution in [0.3, 0.4) is 0 Å². The lowest BCUT2D eigenvalue weighted by atomic mass is 10.1. The summed E-state index contributed by atoms with van der Waals surface area (Å²) >= 11 is 0. The molecule has 27 heavy (non-hydrogen) atoms. The topological polar surface area (TPSA) is 58.3 Å². The number of hydrogen-bond donors (Lipinski definition) is 0. The molecule has 3 heterocycles. The van der Waals surface area contributed by atoms with Crippen LogP contribution in [-0.4, -0.2) is 52.7 Å². The molecule has 1 aromatic carbocycles. The second-order valence-corrected chi connectivity index (χ2v) is 7.31. The van der Waals surface area contributed by atoms with Crippen molar-refractivity contribution >= 4 is 16.9 Å². The second kappa shape index (κ2) is 8.05. The molecule has 142 valence electrons. The highest BCUT2D eigenvalue weighted by atomic mass is 16.5. The zero-order chi connectivity index (χ0) is 18.6. The molecule has 0 spiro atoms. The van der Waals surface area contributed by atoms with Crippen LogP contribution in [0.5, 0.6) is 0 Å². The van der Waals surface area contributed by atoms with Crippen LogP contribution in [0.25, 0.3) is 11.1 Å². The highest BCUT2D eigenvalue weighted by Gasteiger charge is 2.21. The second-order valence-electron chi connectivity index (χ2n) is 7.31. The molecule has 0 atom stereocenters. The van der Waals surface area contributed by atoms with E-state index in [4.69, 9.17) is 9.51 Å². The van der Waals surface area contributed by atoms with Crippen LogP contribution in [0.1, 0.15) is 29.9 Å². The van der Waals surface area contributed by atoms with E-state index in [1.54, 1.807) is 0 Å². The molecule has 0 radical (unpaired) electrons. The summed E-state index contributed by atoms with van der Waals surface area (Å²) in [7, 11) is 0. The van der Waals surface area contributed by atoms with E-state index in [0.717, 1.165) is 68.3 Å². The van der Waals surface area contributed by atoms with Crippen molar-refractivity contribution in [2.75, 3.05) is 37.6 Å². The molecule has 0 amide bonds. The number of aromatic nitrogens is 3. The molecule has 2 aromatic heterocycles. The van der Waals surface area contributed by atoms with Gasteiger partial charge in [0.2, 0.25) is 0 Å². The Bertz CT molecular complexity index is 892. The fourth-order valence-electron chi connectivity index (χ4n) is 3.86. The summed E-state index contributed by atoms with van der Waals surface area (Å²) in [5.41, 5.74) is 2.89. The van der Waals surface area contributed by atoms with Gasteiger partial charge in [-0.1, -0.05) is 35.5 Å². The number of aryl methyl sites for hydroxylation is 3. The molecule has 4 rings (SSSR count). The van der Waals surface area contributed by atoms with E-state index >= 15 is 0 Å². The Kier molecular flexibility index (Phi) is 5.34. The summed E-state index contributed by atoms with van der Waals surface area (Å²) in [6.07, 6.45) is 3.48. The van der Waals surface area contributed by atoms with Crippen molar-refractivity contribution < 1.29 is 4.52 Å². The Morgan fingerprint density at radius 1 is 1.00 bits per heavy atom. The van der Waals surface area contributed by atoms with Crippen LogP contribution in [0, 0.1) is 13.8 Å². The molecule has 1 aliphatic heterocycles. The van der Waals surface area contributed by atoms with Gasteiger partial charge >= 0.3 is 0 Å². The van der Waals surface area contributed by atoms with Gasteiger partial charge in [-0.15, -0.1) is 0 Å². The zero-order valence-corrected chi connectivity index (χ0v) is 16.2. The van der Waals surface area contributed by atoms with Gasteiger partial charge in [0, 0.05) is 19.6 Å². The van der Waals surface area contributed by atoms with E-state index in [1.165, 1.54) is 12.0 Å². The van der Waals surface area contributed by atoms with Crippen LogP contribution in [-0.2, 0) is 6.42 Å². The number of fused-ring (bicyclic) bond motifs is 1. The van der Waals surface area contributed by atoms with E-state index in [1.807, 2.05) is 13.8 Å². The van der Waals surface area contributed by atoms with E-state index in [-0.39, 0.29) is 0 Å². The monoisotopic (exact) mass is 365 g/mol. The molecule has 0 bridgehead atoms. The van der Waals surface area contributed by atoms with Gasteiger partial charge in [-0.2, -0.15) is 4.98 Å². The maximum atomic E-state index is 5.37. The van der Waals surface area contributed by atoms with Gasteiger partial charge in [-0.25, -0.2) is 4.98 Å². The van der Waals surface area contributed by atoms with Gasteiger partial charge in [0.1, 0.15) is 17.0 Å². The fourth-order valence-corrected chi connectivity index (χ4v) is 3.86. The summed E-state index contributed by atoms with van der Waals surface area (Å²) in [6.45, 7) is 9.20. The third-order valence-corrected chi connectivity index (χ3v) is 5.27. The Morgan fingerprint density at radius 2 is 1.85 bits per heavy atom. The lowest BCUT2D eigenvalue weighted by Crippen LogP contribution is -2.32. The summed E-state index contributed by atoms with van der Waals surface area (Å²) < 4.78 is 5.37. The molecule has 0 unspecified atom stereocenters. The Morgan fingerprint density at radius 3 is 2.70 bits per heavy atom. The Hall–Kier alpha value is -2.47. The third kappa shape index (κ3) is 4.11. The van der Waals surface area contributed by atoms with Crippen LogP contribution in [0.15, 0.2) is 34.9 Å². The number of nitrogens with zero attached hydrogens (tertiary/aromatic N) is 5. The van der Waals surface area contributed by atoms with Crippen molar-refractivity contribution in [1.29, 1.82) is 0 Å². The molecule has 3 aromatic rings. The Balaban J connectivity index is 1.39. The van der Waals surface area contributed by atoms with Crippen LogP contribution < -0.4 is 4.90 Å². The largest absolute Gasteiger partial charge is 0.355 e. The van der Waals surface area contributed by atoms with E-state index in [9.17, 15) is 0 Å². The molecule has 0 N–H and O–H groups in total. The van der Waals surface area contributed by atoms with Crippen LogP contribution >= 0.6 is 0 Å². The predicted octanol–water partition coefficient (Wildman–Crippen LogP) is 3.38. The molecule has 6 nitrogen and oxygen atoms in total. The highest BCUT2D eigenvalue weighted by molar-refractivity contribution is 5.88. The first-order chi connectivity index (χ1) is 13.2. The molecule has 1 fully saturated rings. The van der Waals surface area contributed by atoms with E-state index in [0.29, 0.717) is 5.71 Å². The van der Waals surface area contributed by atoms with Gasteiger partial charge in [0.05, 0.1) is 5.69 Å². The minimum absolute atomic E-state index is 0.596. The summed E-state index contributed by atoms with van der Waals surface area (Å²) in [5, 5.41) is 5.04. The number of rotatable bonds is 5. The number of hydrogen-bond acceptors (Lipinski definition) is 6. The first-order valence-electron chi connectivity index (χ1n) is 9.82. The molecular formula is C21H27N5O. The van der Waals surface area contributed by atoms with Crippen molar-refractivity contribution in [2.24, 2.45) is 0 Å². The van der Waals surface area contributed by atoms with Crippen molar-refractivity contribution in [1.82, 2.24) is 20.0 Å². The molecule has 1 saturated heterocycles. The molecule has 6 heteroatoms. The van der Waals surface area contributed by atoms with Crippen LogP contribution in [0.2, 0.25) is 0 Å². The van der Waals surface area contributed by atoms with E-state index < -0.39 is 0 Å². The van der Waals surface area contributed by atoms with Gasteiger partial charge in [0.15, 0.2) is 0 Å². The minimum Gasteiger partial charge on any atom is -0.355 e. The third-order valence-electron chi connectivity index (χ3n) is 5.27. The van der Waals surface area contributed by atoms with Crippen molar-refractivity contribution in [2.45, 2.75) is 33.1 Å². The van der Waals surface area contributed by atoms with Crippen molar-refractivity contribution in [3.05, 3.63) is 47.4 Å². The molecule has 1 aliphatic rings. The number of anilines is 1. The fraction of sp³-hybridized carbons (Fsp3) is 0.476. The SMILES string of the molecule is Cc1nc(N2CCCN(CCCc3ccccc3)CC2)c2c(C)noc2n1. The van der Waals surface area contributed by atoms with Gasteiger partial charge in [-0.3, -0.25) is 0 Å². The smallest absolute Gasteiger partial charge is 0.263 e. The minimum atomic E-state index is 0.596. The average molecular weight is 365 g/mol. The zero-order valence-electron chi connectivity index (χ0n) is 16.2. The van der Waals surface area contributed by atoms with Gasteiger partial charge in [-0.05, 0) is 51.8 Å². The van der Waals surface area contributed by atoms with Crippen molar-refractivity contribution in [3.63, 3.8) is 0 Å².